The molecule has 0 atom stereocenters. The molecule has 0 aliphatic heterocycles. The number of nitrogens with zero attached hydrogens (tertiary/aromatic N) is 2. The Labute approximate surface area is 75.0 Å². The van der Waals surface area contributed by atoms with Crippen molar-refractivity contribution in [2.24, 2.45) is 0 Å². The molecule has 1 aromatic heterocycles. The third-order valence-electron chi connectivity index (χ3n) is 1.70. The molecule has 5 heteroatoms. The Bertz CT molecular complexity index is 309. The Kier molecular flexibility index (Phi) is 3.00. The quantitative estimate of drug-likeness (QED) is 0.756. The zero-order chi connectivity index (χ0) is 9.84. The van der Waals surface area contributed by atoms with E-state index in [0.717, 1.165) is 0 Å². The molecular formula is C8H11FN2O2. The summed E-state index contributed by atoms with van der Waals surface area (Å²) in [5, 5.41) is 12.5. The molecule has 0 spiro atoms. The average Bonchev–Trinajstić information content (AvgIpc) is 2.31. The molecule has 0 aliphatic rings. The van der Waals surface area contributed by atoms with E-state index >= 15 is 0 Å². The van der Waals surface area contributed by atoms with E-state index in [0.29, 0.717) is 11.3 Å². The van der Waals surface area contributed by atoms with Gasteiger partial charge in [-0.2, -0.15) is 5.10 Å². The molecule has 1 rings (SSSR count). The van der Waals surface area contributed by atoms with Crippen molar-refractivity contribution in [3.05, 3.63) is 17.5 Å². The van der Waals surface area contributed by atoms with Crippen molar-refractivity contribution in [3.63, 3.8) is 0 Å². The standard InChI is InChI=1S/C8H11FN2O2/c1-6-7(4-8(12)13)5-11(10-6)3-2-9/h5H,2-4H2,1H3,(H,12,13). The van der Waals surface area contributed by atoms with Crippen molar-refractivity contribution in [1.29, 1.82) is 0 Å². The van der Waals surface area contributed by atoms with Crippen LogP contribution in [0.2, 0.25) is 0 Å². The number of aliphatic carboxylic acids is 1. The van der Waals surface area contributed by atoms with E-state index < -0.39 is 12.6 Å². The lowest BCUT2D eigenvalue weighted by Gasteiger charge is -1.92. The Hall–Kier alpha value is -1.39. The molecule has 0 bridgehead atoms. The van der Waals surface area contributed by atoms with E-state index in [1.807, 2.05) is 0 Å². The van der Waals surface area contributed by atoms with Gasteiger partial charge < -0.3 is 5.11 Å². The topological polar surface area (TPSA) is 55.1 Å². The summed E-state index contributed by atoms with van der Waals surface area (Å²) >= 11 is 0. The normalized spacial score (nSPS) is 10.3. The van der Waals surface area contributed by atoms with Gasteiger partial charge in [-0.15, -0.1) is 0 Å². The number of carbonyl (C=O) groups is 1. The Morgan fingerprint density at radius 1 is 1.77 bits per heavy atom. The van der Waals surface area contributed by atoms with Gasteiger partial charge in [-0.1, -0.05) is 0 Å². The highest BCUT2D eigenvalue weighted by Crippen LogP contribution is 2.06. The first-order chi connectivity index (χ1) is 6.13. The van der Waals surface area contributed by atoms with Crippen molar-refractivity contribution in [1.82, 2.24) is 9.78 Å². The summed E-state index contributed by atoms with van der Waals surface area (Å²) in [5.74, 6) is -0.900. The average molecular weight is 186 g/mol. The van der Waals surface area contributed by atoms with Gasteiger partial charge in [-0.05, 0) is 6.92 Å². The van der Waals surface area contributed by atoms with Crippen LogP contribution in [0.1, 0.15) is 11.3 Å². The molecule has 0 unspecified atom stereocenters. The number of hydrogen-bond acceptors (Lipinski definition) is 2. The maximum absolute atomic E-state index is 11.9. The van der Waals surface area contributed by atoms with Crippen LogP contribution in [-0.4, -0.2) is 27.5 Å². The first-order valence-electron chi connectivity index (χ1n) is 3.94. The third kappa shape index (κ3) is 2.54. The van der Waals surface area contributed by atoms with E-state index in [9.17, 15) is 9.18 Å². The van der Waals surface area contributed by atoms with Gasteiger partial charge in [0.1, 0.15) is 6.67 Å². The molecule has 72 valence electrons. The number of carboxylic acids is 1. The highest BCUT2D eigenvalue weighted by atomic mass is 19.1. The molecular weight excluding hydrogens is 175 g/mol. The minimum atomic E-state index is -0.900. The summed E-state index contributed by atoms with van der Waals surface area (Å²) < 4.78 is 13.3. The zero-order valence-electron chi connectivity index (χ0n) is 7.33. The lowest BCUT2D eigenvalue weighted by atomic mass is 10.2. The molecule has 0 radical (unpaired) electrons. The fourth-order valence-corrected chi connectivity index (χ4v) is 1.10. The maximum Gasteiger partial charge on any atom is 0.307 e. The summed E-state index contributed by atoms with van der Waals surface area (Å²) in [5.41, 5.74) is 1.29. The van der Waals surface area contributed by atoms with Gasteiger partial charge in [0.15, 0.2) is 0 Å². The van der Waals surface area contributed by atoms with Crippen LogP contribution in [0.25, 0.3) is 0 Å². The third-order valence-corrected chi connectivity index (χ3v) is 1.70. The number of aromatic nitrogens is 2. The lowest BCUT2D eigenvalue weighted by Crippen LogP contribution is -2.00. The summed E-state index contributed by atoms with van der Waals surface area (Å²) in [6.07, 6.45) is 1.52. The van der Waals surface area contributed by atoms with Gasteiger partial charge in [-0.25, -0.2) is 4.39 Å². The molecule has 1 N–H and O–H groups in total. The minimum absolute atomic E-state index is 0.0574. The van der Waals surface area contributed by atoms with E-state index in [2.05, 4.69) is 5.10 Å². The van der Waals surface area contributed by atoms with Crippen molar-refractivity contribution in [3.8, 4) is 0 Å². The molecule has 0 amide bonds. The van der Waals surface area contributed by atoms with Crippen LogP contribution in [0.15, 0.2) is 6.20 Å². The second-order valence-corrected chi connectivity index (χ2v) is 2.76. The van der Waals surface area contributed by atoms with Crippen molar-refractivity contribution >= 4 is 5.97 Å². The van der Waals surface area contributed by atoms with Gasteiger partial charge in [0.05, 0.1) is 18.7 Å². The first-order valence-corrected chi connectivity index (χ1v) is 3.94. The molecule has 0 saturated carbocycles. The van der Waals surface area contributed by atoms with Crippen LogP contribution in [0.3, 0.4) is 0 Å². The minimum Gasteiger partial charge on any atom is -0.481 e. The van der Waals surface area contributed by atoms with Crippen molar-refractivity contribution in [2.45, 2.75) is 19.9 Å². The van der Waals surface area contributed by atoms with Crippen LogP contribution < -0.4 is 0 Å². The molecule has 0 aliphatic carbocycles. The number of carboxylic acid groups (broad SMARTS) is 1. The van der Waals surface area contributed by atoms with Gasteiger partial charge >= 0.3 is 5.97 Å². The largest absolute Gasteiger partial charge is 0.481 e. The monoisotopic (exact) mass is 186 g/mol. The summed E-state index contributed by atoms with van der Waals surface area (Å²) in [7, 11) is 0. The van der Waals surface area contributed by atoms with Gasteiger partial charge in [-0.3, -0.25) is 9.48 Å². The summed E-state index contributed by atoms with van der Waals surface area (Å²) in [6, 6.07) is 0. The second-order valence-electron chi connectivity index (χ2n) is 2.76. The highest BCUT2D eigenvalue weighted by molar-refractivity contribution is 5.70. The van der Waals surface area contributed by atoms with E-state index in [1.54, 1.807) is 13.1 Å². The number of halogens is 1. The predicted octanol–water partition coefficient (Wildman–Crippen LogP) is 0.788. The molecule has 13 heavy (non-hydrogen) atoms. The summed E-state index contributed by atoms with van der Waals surface area (Å²) in [4.78, 5) is 10.4. The molecule has 0 aromatic carbocycles. The van der Waals surface area contributed by atoms with Crippen LogP contribution in [0.4, 0.5) is 4.39 Å². The molecule has 0 saturated heterocycles. The fourth-order valence-electron chi connectivity index (χ4n) is 1.10. The lowest BCUT2D eigenvalue weighted by molar-refractivity contribution is -0.136. The van der Waals surface area contributed by atoms with E-state index in [1.165, 1.54) is 4.68 Å². The zero-order valence-corrected chi connectivity index (χ0v) is 7.33. The van der Waals surface area contributed by atoms with Crippen LogP contribution in [0.5, 0.6) is 0 Å². The molecule has 1 aromatic rings. The number of alkyl halides is 1. The van der Waals surface area contributed by atoms with Crippen molar-refractivity contribution in [2.75, 3.05) is 6.67 Å². The van der Waals surface area contributed by atoms with Gasteiger partial charge in [0.25, 0.3) is 0 Å². The molecule has 4 nitrogen and oxygen atoms in total. The molecule has 1 heterocycles. The number of rotatable bonds is 4. The second kappa shape index (κ2) is 4.02. The smallest absolute Gasteiger partial charge is 0.307 e. The van der Waals surface area contributed by atoms with E-state index in [-0.39, 0.29) is 13.0 Å². The fraction of sp³-hybridized carbons (Fsp3) is 0.500. The number of aryl methyl sites for hydroxylation is 2. The first kappa shape index (κ1) is 9.70. The SMILES string of the molecule is Cc1nn(CCF)cc1CC(=O)O. The van der Waals surface area contributed by atoms with Gasteiger partial charge in [0.2, 0.25) is 0 Å². The van der Waals surface area contributed by atoms with Crippen LogP contribution >= 0.6 is 0 Å². The Morgan fingerprint density at radius 3 is 3.00 bits per heavy atom. The Balaban J connectivity index is 2.77. The van der Waals surface area contributed by atoms with Crippen LogP contribution in [0, 0.1) is 6.92 Å². The van der Waals surface area contributed by atoms with Crippen molar-refractivity contribution < 1.29 is 14.3 Å². The van der Waals surface area contributed by atoms with Crippen LogP contribution in [-0.2, 0) is 17.8 Å². The predicted molar refractivity (Wildman–Crippen MR) is 44.3 cm³/mol. The molecule has 0 fully saturated rings. The van der Waals surface area contributed by atoms with E-state index in [4.69, 9.17) is 5.11 Å². The maximum atomic E-state index is 11.9. The van der Waals surface area contributed by atoms with Gasteiger partial charge in [0, 0.05) is 11.8 Å². The Morgan fingerprint density at radius 2 is 2.46 bits per heavy atom. The number of hydrogen-bond donors (Lipinski definition) is 1. The summed E-state index contributed by atoms with van der Waals surface area (Å²) in [6.45, 7) is 1.40. The highest BCUT2D eigenvalue weighted by Gasteiger charge is 2.08.